The number of carbonyl (C=O) groups excluding carboxylic acids is 1. The van der Waals surface area contributed by atoms with Crippen LogP contribution in [0.15, 0.2) is 35.6 Å². The summed E-state index contributed by atoms with van der Waals surface area (Å²) in [7, 11) is 0. The molecule has 0 saturated carbocycles. The molecule has 8 heteroatoms. The average molecular weight is 466 g/mol. The van der Waals surface area contributed by atoms with Crippen LogP contribution in [0.1, 0.15) is 52.5 Å². The Balaban J connectivity index is 1.58. The monoisotopic (exact) mass is 465 g/mol. The molecule has 4 rings (SSSR count). The second-order valence-electron chi connectivity index (χ2n) is 9.03. The van der Waals surface area contributed by atoms with Crippen LogP contribution in [0, 0.1) is 11.7 Å². The van der Waals surface area contributed by atoms with Crippen molar-refractivity contribution in [1.29, 1.82) is 0 Å². The lowest BCUT2D eigenvalue weighted by Gasteiger charge is -2.36. The minimum Gasteiger partial charge on any atom is -0.337 e. The molecule has 3 N–H and O–H groups in total. The predicted octanol–water partition coefficient (Wildman–Crippen LogP) is 2.67. The number of halogens is 1. The zero-order valence-corrected chi connectivity index (χ0v) is 19.6. The average Bonchev–Trinajstić information content (AvgIpc) is 3.28. The lowest BCUT2D eigenvalue weighted by atomic mass is 9.92. The molecule has 2 aliphatic rings. The number of nitrogens with one attached hydrogen (secondary N) is 1. The fourth-order valence-corrected chi connectivity index (χ4v) is 5.30. The highest BCUT2D eigenvalue weighted by molar-refractivity contribution is 5.95. The predicted molar refractivity (Wildman–Crippen MR) is 132 cm³/mol. The first-order valence-corrected chi connectivity index (χ1v) is 11.8. The fraction of sp³-hybridized carbons (Fsp3) is 0.423. The maximum absolute atomic E-state index is 14.8. The van der Waals surface area contributed by atoms with E-state index in [-0.39, 0.29) is 23.1 Å². The molecule has 1 aromatic carbocycles. The van der Waals surface area contributed by atoms with Gasteiger partial charge in [0.1, 0.15) is 5.82 Å². The van der Waals surface area contributed by atoms with Crippen molar-refractivity contribution in [2.45, 2.75) is 32.2 Å². The molecule has 2 unspecified atom stereocenters. The van der Waals surface area contributed by atoms with Crippen LogP contribution in [0.4, 0.5) is 4.39 Å². The SMILES string of the molecule is C=Cc1c(Cc2ccc(F)c(C(=O)N3CC4CCCN(CCN)C4C3)c2)n[nH]c(=O)c1C=CC. The van der Waals surface area contributed by atoms with Crippen LogP contribution in [0.5, 0.6) is 0 Å². The first-order valence-electron chi connectivity index (χ1n) is 11.8. The Morgan fingerprint density at radius 2 is 2.18 bits per heavy atom. The standard InChI is InChI=1S/C26H32FN5O2/c1-3-6-20-19(4-2)23(29-30-25(20)33)14-17-8-9-22(27)21(13-17)26(34)32-15-18-7-5-11-31(12-10-28)24(18)16-32/h3-4,6,8-9,13,18,24H,2,5,7,10-12,14-16,28H2,1H3,(H,30,33). The number of aromatic amines is 1. The molecule has 0 spiro atoms. The summed E-state index contributed by atoms with van der Waals surface area (Å²) in [4.78, 5) is 29.7. The van der Waals surface area contributed by atoms with Crippen LogP contribution >= 0.6 is 0 Å². The molecule has 2 aromatic rings. The van der Waals surface area contributed by atoms with Gasteiger partial charge in [0.25, 0.3) is 11.5 Å². The van der Waals surface area contributed by atoms with E-state index in [9.17, 15) is 14.0 Å². The maximum Gasteiger partial charge on any atom is 0.272 e. The molecule has 180 valence electrons. The van der Waals surface area contributed by atoms with Gasteiger partial charge in [0.15, 0.2) is 0 Å². The van der Waals surface area contributed by atoms with Gasteiger partial charge in [-0.1, -0.05) is 30.9 Å². The number of rotatable bonds is 7. The smallest absolute Gasteiger partial charge is 0.272 e. The van der Waals surface area contributed by atoms with E-state index in [0.29, 0.717) is 48.8 Å². The molecular formula is C26H32FN5O2. The second-order valence-corrected chi connectivity index (χ2v) is 9.03. The third kappa shape index (κ3) is 4.74. The van der Waals surface area contributed by atoms with Crippen molar-refractivity contribution >= 4 is 18.1 Å². The second kappa shape index (κ2) is 10.4. The third-order valence-corrected chi connectivity index (χ3v) is 6.91. The van der Waals surface area contributed by atoms with Gasteiger partial charge in [0, 0.05) is 49.8 Å². The van der Waals surface area contributed by atoms with Gasteiger partial charge >= 0.3 is 0 Å². The van der Waals surface area contributed by atoms with Crippen LogP contribution in [-0.2, 0) is 6.42 Å². The van der Waals surface area contributed by atoms with Gasteiger partial charge < -0.3 is 10.6 Å². The Kier molecular flexibility index (Phi) is 7.38. The molecule has 2 fully saturated rings. The first kappa shape index (κ1) is 24.0. The molecule has 0 aliphatic carbocycles. The van der Waals surface area contributed by atoms with Crippen molar-refractivity contribution in [2.24, 2.45) is 11.7 Å². The molecule has 7 nitrogen and oxygen atoms in total. The van der Waals surface area contributed by atoms with Gasteiger partial charge in [-0.15, -0.1) is 0 Å². The van der Waals surface area contributed by atoms with Crippen molar-refractivity contribution in [3.05, 3.63) is 75.0 Å². The molecule has 3 heterocycles. The number of H-pyrrole nitrogens is 1. The topological polar surface area (TPSA) is 95.3 Å². The number of hydrogen-bond donors (Lipinski definition) is 2. The number of piperidine rings is 1. The number of allylic oxidation sites excluding steroid dienone is 1. The van der Waals surface area contributed by atoms with Gasteiger partial charge in [0.2, 0.25) is 0 Å². The van der Waals surface area contributed by atoms with Gasteiger partial charge in [-0.05, 0) is 49.9 Å². The summed E-state index contributed by atoms with van der Waals surface area (Å²) in [5.74, 6) is -0.411. The summed E-state index contributed by atoms with van der Waals surface area (Å²) < 4.78 is 14.8. The number of nitrogens with zero attached hydrogens (tertiary/aromatic N) is 3. The fourth-order valence-electron chi connectivity index (χ4n) is 5.30. The number of likely N-dealkylation sites (tertiary alicyclic amines) is 2. The van der Waals surface area contributed by atoms with E-state index in [1.807, 2.05) is 6.92 Å². The van der Waals surface area contributed by atoms with Gasteiger partial charge in [-0.25, -0.2) is 9.49 Å². The van der Waals surface area contributed by atoms with Crippen molar-refractivity contribution < 1.29 is 9.18 Å². The highest BCUT2D eigenvalue weighted by Crippen LogP contribution is 2.31. The molecular weight excluding hydrogens is 433 g/mol. The number of hydrogen-bond acceptors (Lipinski definition) is 5. The Bertz CT molecular complexity index is 1160. The van der Waals surface area contributed by atoms with Gasteiger partial charge in [0.05, 0.1) is 11.3 Å². The van der Waals surface area contributed by atoms with Crippen LogP contribution in [0.3, 0.4) is 0 Å². The quantitative estimate of drug-likeness (QED) is 0.656. The van der Waals surface area contributed by atoms with Crippen LogP contribution in [0.25, 0.3) is 12.2 Å². The Labute approximate surface area is 199 Å². The lowest BCUT2D eigenvalue weighted by Crippen LogP contribution is -2.47. The van der Waals surface area contributed by atoms with E-state index in [1.54, 1.807) is 35.3 Å². The minimum atomic E-state index is -0.532. The summed E-state index contributed by atoms with van der Waals surface area (Å²) in [6.45, 7) is 9.30. The molecule has 1 aromatic heterocycles. The molecule has 0 bridgehead atoms. The van der Waals surface area contributed by atoms with E-state index < -0.39 is 5.82 Å². The summed E-state index contributed by atoms with van der Waals surface area (Å²) >= 11 is 0. The highest BCUT2D eigenvalue weighted by atomic mass is 19.1. The summed E-state index contributed by atoms with van der Waals surface area (Å²) in [6, 6.07) is 4.87. The number of amides is 1. The number of fused-ring (bicyclic) bond motifs is 1. The zero-order valence-electron chi connectivity index (χ0n) is 19.6. The van der Waals surface area contributed by atoms with E-state index >= 15 is 0 Å². The number of nitrogens with two attached hydrogens (primary N) is 1. The number of carbonyl (C=O) groups is 1. The van der Waals surface area contributed by atoms with Crippen LogP contribution in [0.2, 0.25) is 0 Å². The summed E-state index contributed by atoms with van der Waals surface area (Å²) in [5.41, 5.74) is 7.99. The molecule has 2 saturated heterocycles. The van der Waals surface area contributed by atoms with E-state index in [2.05, 4.69) is 21.7 Å². The van der Waals surface area contributed by atoms with Crippen molar-refractivity contribution in [2.75, 3.05) is 32.7 Å². The van der Waals surface area contributed by atoms with E-state index in [0.717, 1.165) is 31.5 Å². The third-order valence-electron chi connectivity index (χ3n) is 6.91. The summed E-state index contributed by atoms with van der Waals surface area (Å²) in [5, 5.41) is 6.71. The Morgan fingerprint density at radius 3 is 2.91 bits per heavy atom. The highest BCUT2D eigenvalue weighted by Gasteiger charge is 2.40. The molecule has 2 aliphatic heterocycles. The lowest BCUT2D eigenvalue weighted by molar-refractivity contribution is 0.0772. The van der Waals surface area contributed by atoms with Gasteiger partial charge in [-0.2, -0.15) is 5.10 Å². The van der Waals surface area contributed by atoms with E-state index in [1.165, 1.54) is 6.07 Å². The van der Waals surface area contributed by atoms with Crippen molar-refractivity contribution in [3.8, 4) is 0 Å². The van der Waals surface area contributed by atoms with E-state index in [4.69, 9.17) is 5.73 Å². The van der Waals surface area contributed by atoms with Crippen LogP contribution in [-0.4, -0.2) is 64.7 Å². The molecule has 1 amide bonds. The Hall–Kier alpha value is -3.10. The molecule has 2 atom stereocenters. The maximum atomic E-state index is 14.8. The first-order chi connectivity index (χ1) is 16.5. The molecule has 0 radical (unpaired) electrons. The number of aromatic nitrogens is 2. The number of benzene rings is 1. The summed E-state index contributed by atoms with van der Waals surface area (Å²) in [6.07, 6.45) is 7.59. The Morgan fingerprint density at radius 1 is 1.35 bits per heavy atom. The van der Waals surface area contributed by atoms with Crippen molar-refractivity contribution in [3.63, 3.8) is 0 Å². The molecule has 34 heavy (non-hydrogen) atoms. The van der Waals surface area contributed by atoms with Gasteiger partial charge in [-0.3, -0.25) is 14.5 Å². The van der Waals surface area contributed by atoms with Crippen LogP contribution < -0.4 is 11.3 Å². The minimum absolute atomic E-state index is 0.0692. The normalized spacial score (nSPS) is 20.6. The largest absolute Gasteiger partial charge is 0.337 e. The van der Waals surface area contributed by atoms with Crippen molar-refractivity contribution in [1.82, 2.24) is 20.0 Å². The zero-order chi connectivity index (χ0) is 24.2.